The molecule has 0 saturated carbocycles. The van der Waals surface area contributed by atoms with E-state index in [1.54, 1.807) is 12.1 Å². The number of amides is 3. The molecule has 41 heavy (non-hydrogen) atoms. The van der Waals surface area contributed by atoms with Gasteiger partial charge in [-0.15, -0.1) is 0 Å². The average molecular weight is 618 g/mol. The number of nitrogens with zero attached hydrogens (tertiary/aromatic N) is 2. The van der Waals surface area contributed by atoms with Crippen molar-refractivity contribution in [3.63, 3.8) is 0 Å². The minimum Gasteiger partial charge on any atom is -0.462 e. The van der Waals surface area contributed by atoms with Crippen molar-refractivity contribution in [1.29, 1.82) is 0 Å². The van der Waals surface area contributed by atoms with Gasteiger partial charge in [0.15, 0.2) is 0 Å². The van der Waals surface area contributed by atoms with E-state index in [1.165, 1.54) is 42.5 Å². The van der Waals surface area contributed by atoms with E-state index in [0.29, 0.717) is 23.7 Å². The van der Waals surface area contributed by atoms with Gasteiger partial charge in [0.1, 0.15) is 23.1 Å². The average Bonchev–Trinajstić information content (AvgIpc) is 3.50. The second kappa shape index (κ2) is 13.0. The predicted octanol–water partition coefficient (Wildman–Crippen LogP) is 6.79. The minimum atomic E-state index is -0.702. The maximum absolute atomic E-state index is 12.9. The molecule has 2 aromatic carbocycles. The molecule has 1 N–H and O–H groups in total. The van der Waals surface area contributed by atoms with Crippen LogP contribution in [0.2, 0.25) is 10.0 Å². The number of hydrogen-bond donors (Lipinski definition) is 1. The van der Waals surface area contributed by atoms with Gasteiger partial charge < -0.3 is 14.5 Å². The van der Waals surface area contributed by atoms with E-state index in [2.05, 4.69) is 5.32 Å². The summed E-state index contributed by atoms with van der Waals surface area (Å²) in [6.45, 7) is 1.62. The smallest absolute Gasteiger partial charge is 0.339 e. The quantitative estimate of drug-likeness (QED) is 0.0852. The van der Waals surface area contributed by atoms with Gasteiger partial charge in [0, 0.05) is 23.4 Å². The largest absolute Gasteiger partial charge is 0.462 e. The van der Waals surface area contributed by atoms with Crippen LogP contribution in [0.25, 0.3) is 17.4 Å². The minimum absolute atomic E-state index is 0.0226. The molecule has 14 heteroatoms. The number of halogens is 2. The molecule has 1 fully saturated rings. The van der Waals surface area contributed by atoms with Crippen molar-refractivity contribution in [2.75, 3.05) is 18.5 Å². The highest BCUT2D eigenvalue weighted by molar-refractivity contribution is 8.18. The second-order valence-electron chi connectivity index (χ2n) is 8.63. The van der Waals surface area contributed by atoms with Crippen LogP contribution < -0.4 is 5.32 Å². The Hall–Kier alpha value is -4.13. The summed E-state index contributed by atoms with van der Waals surface area (Å²) in [5.41, 5.74) is 0.406. The molecule has 1 saturated heterocycles. The molecule has 212 valence electrons. The molecule has 3 amide bonds. The number of unbranched alkanes of at least 4 members (excludes halogenated alkanes) is 1. The summed E-state index contributed by atoms with van der Waals surface area (Å²) in [6, 6.07) is 11.5. The number of ether oxygens (including phenoxy) is 1. The standard InChI is InChI=1S/C27H21Cl2N3O8S/c1-2-3-10-39-26(35)18-12-16(5-8-19(18)28)30-24(33)14-31-25(34)23(41-27(31)36)13-17-6-9-22(40-17)15-4-7-20(29)21(11-15)32(37)38/h4-9,11-13H,2-3,10,14H2,1H3,(H,30,33)/b23-13+. The number of anilines is 1. The van der Waals surface area contributed by atoms with Crippen LogP contribution in [0.4, 0.5) is 16.2 Å². The monoisotopic (exact) mass is 617 g/mol. The molecule has 2 heterocycles. The van der Waals surface area contributed by atoms with E-state index < -0.39 is 34.5 Å². The number of imide groups is 1. The van der Waals surface area contributed by atoms with Crippen molar-refractivity contribution in [2.24, 2.45) is 0 Å². The molecule has 4 rings (SSSR count). The molecular formula is C27H21Cl2N3O8S. The molecule has 11 nitrogen and oxygen atoms in total. The number of furan rings is 1. The lowest BCUT2D eigenvalue weighted by molar-refractivity contribution is -0.384. The van der Waals surface area contributed by atoms with Gasteiger partial charge in [0.2, 0.25) is 5.91 Å². The summed E-state index contributed by atoms with van der Waals surface area (Å²) in [4.78, 5) is 61.7. The third-order valence-corrected chi connectivity index (χ3v) is 7.26. The van der Waals surface area contributed by atoms with Crippen molar-refractivity contribution in [3.05, 3.63) is 84.9 Å². The summed E-state index contributed by atoms with van der Waals surface area (Å²) in [6.07, 6.45) is 2.88. The molecule has 0 bridgehead atoms. The number of thioether (sulfide) groups is 1. The highest BCUT2D eigenvalue weighted by Crippen LogP contribution is 2.35. The van der Waals surface area contributed by atoms with Gasteiger partial charge in [-0.25, -0.2) is 4.79 Å². The fourth-order valence-electron chi connectivity index (χ4n) is 3.65. The van der Waals surface area contributed by atoms with Gasteiger partial charge in [-0.2, -0.15) is 0 Å². The number of carbonyl (C=O) groups excluding carboxylic acids is 4. The highest BCUT2D eigenvalue weighted by atomic mass is 35.5. The Bertz CT molecular complexity index is 1590. The summed E-state index contributed by atoms with van der Waals surface area (Å²) in [5.74, 6) is -1.51. The number of rotatable bonds is 10. The first-order valence-electron chi connectivity index (χ1n) is 12.1. The number of benzene rings is 2. The maximum atomic E-state index is 12.9. The molecular weight excluding hydrogens is 597 g/mol. The third kappa shape index (κ3) is 7.15. The van der Waals surface area contributed by atoms with Crippen LogP contribution in [0, 0.1) is 10.1 Å². The highest BCUT2D eigenvalue weighted by Gasteiger charge is 2.36. The van der Waals surface area contributed by atoms with Gasteiger partial charge in [-0.3, -0.25) is 29.4 Å². The molecule has 1 aliphatic heterocycles. The van der Waals surface area contributed by atoms with Crippen molar-refractivity contribution >= 4 is 75.4 Å². The number of nitro groups is 1. The van der Waals surface area contributed by atoms with Crippen LogP contribution in [0.3, 0.4) is 0 Å². The fourth-order valence-corrected chi connectivity index (χ4v) is 4.85. The van der Waals surface area contributed by atoms with Crippen molar-refractivity contribution in [1.82, 2.24) is 4.90 Å². The number of hydrogen-bond acceptors (Lipinski definition) is 9. The summed E-state index contributed by atoms with van der Waals surface area (Å²) in [5, 5.41) is 13.2. The first kappa shape index (κ1) is 29.8. The normalized spacial score (nSPS) is 14.0. The SMILES string of the molecule is CCCCOC(=O)c1cc(NC(=O)CN2C(=O)S/C(=C/c3ccc(-c4ccc(Cl)c([N+](=O)[O-])c4)o3)C2=O)ccc1Cl. The molecule has 0 aliphatic carbocycles. The molecule has 0 spiro atoms. The Morgan fingerprint density at radius 1 is 1.12 bits per heavy atom. The third-order valence-electron chi connectivity index (χ3n) is 5.70. The zero-order valence-corrected chi connectivity index (χ0v) is 23.7. The van der Waals surface area contributed by atoms with Crippen molar-refractivity contribution in [2.45, 2.75) is 19.8 Å². The van der Waals surface area contributed by atoms with E-state index in [9.17, 15) is 29.3 Å². The van der Waals surface area contributed by atoms with Gasteiger partial charge in [-0.05, 0) is 60.6 Å². The van der Waals surface area contributed by atoms with Crippen molar-refractivity contribution in [3.8, 4) is 11.3 Å². The zero-order chi connectivity index (χ0) is 29.7. The number of esters is 1. The molecule has 0 radical (unpaired) electrons. The Morgan fingerprint density at radius 2 is 1.88 bits per heavy atom. The van der Waals surface area contributed by atoms with Crippen LogP contribution in [-0.4, -0.2) is 46.0 Å². The van der Waals surface area contributed by atoms with E-state index in [0.717, 1.165) is 11.3 Å². The number of carbonyl (C=O) groups is 4. The maximum Gasteiger partial charge on any atom is 0.339 e. The Balaban J connectivity index is 1.42. The van der Waals surface area contributed by atoms with E-state index in [1.807, 2.05) is 6.92 Å². The van der Waals surface area contributed by atoms with Gasteiger partial charge >= 0.3 is 5.97 Å². The molecule has 0 atom stereocenters. The second-order valence-corrected chi connectivity index (χ2v) is 10.4. The van der Waals surface area contributed by atoms with E-state index >= 15 is 0 Å². The lowest BCUT2D eigenvalue weighted by atomic mass is 10.1. The summed E-state index contributed by atoms with van der Waals surface area (Å²) < 4.78 is 10.9. The van der Waals surface area contributed by atoms with Crippen LogP contribution in [0.1, 0.15) is 35.9 Å². The summed E-state index contributed by atoms with van der Waals surface area (Å²) >= 11 is 12.6. The topological polar surface area (TPSA) is 149 Å². The molecule has 1 aliphatic rings. The van der Waals surface area contributed by atoms with Crippen LogP contribution in [0.5, 0.6) is 0 Å². The zero-order valence-electron chi connectivity index (χ0n) is 21.3. The van der Waals surface area contributed by atoms with E-state index in [4.69, 9.17) is 32.4 Å². The predicted molar refractivity (Wildman–Crippen MR) is 154 cm³/mol. The lowest BCUT2D eigenvalue weighted by Crippen LogP contribution is -2.36. The number of nitro benzene ring substituents is 1. The van der Waals surface area contributed by atoms with Crippen LogP contribution in [-0.2, 0) is 14.3 Å². The number of nitrogens with one attached hydrogen (secondary N) is 1. The Labute approximate surface area is 247 Å². The molecule has 1 aromatic heterocycles. The molecule has 0 unspecified atom stereocenters. The van der Waals surface area contributed by atoms with Crippen LogP contribution in [0.15, 0.2) is 57.9 Å². The Kier molecular flexibility index (Phi) is 9.48. The lowest BCUT2D eigenvalue weighted by Gasteiger charge is -2.13. The van der Waals surface area contributed by atoms with Gasteiger partial charge in [-0.1, -0.05) is 36.5 Å². The van der Waals surface area contributed by atoms with Gasteiger partial charge in [0.25, 0.3) is 16.8 Å². The fraction of sp³-hybridized carbons (Fsp3) is 0.185. The Morgan fingerprint density at radius 3 is 2.61 bits per heavy atom. The first-order chi connectivity index (χ1) is 19.6. The van der Waals surface area contributed by atoms with E-state index in [-0.39, 0.29) is 50.0 Å². The summed E-state index contributed by atoms with van der Waals surface area (Å²) in [7, 11) is 0. The van der Waals surface area contributed by atoms with Crippen LogP contribution >= 0.6 is 35.0 Å². The van der Waals surface area contributed by atoms with Crippen molar-refractivity contribution < 1.29 is 33.3 Å². The first-order valence-corrected chi connectivity index (χ1v) is 13.7. The van der Waals surface area contributed by atoms with Gasteiger partial charge in [0.05, 0.1) is 27.0 Å². The molecule has 3 aromatic rings.